The zero-order chi connectivity index (χ0) is 28.2. The topological polar surface area (TPSA) is 139 Å². The van der Waals surface area contributed by atoms with Crippen LogP contribution in [0, 0.1) is 11.8 Å². The van der Waals surface area contributed by atoms with E-state index in [0.29, 0.717) is 31.2 Å². The highest BCUT2D eigenvalue weighted by Crippen LogP contribution is 2.37. The van der Waals surface area contributed by atoms with Crippen molar-refractivity contribution in [1.29, 1.82) is 0 Å². The molecule has 1 aromatic heterocycles. The van der Waals surface area contributed by atoms with Gasteiger partial charge in [-0.15, -0.1) is 0 Å². The number of carboxylic acids is 1. The molecule has 0 radical (unpaired) electrons. The molecule has 0 unspecified atom stereocenters. The minimum absolute atomic E-state index is 0.131. The summed E-state index contributed by atoms with van der Waals surface area (Å²) in [6.45, 7) is 9.74. The van der Waals surface area contributed by atoms with E-state index in [0.717, 1.165) is 18.4 Å². The second-order valence-corrected chi connectivity index (χ2v) is 11.3. The molecule has 1 saturated carbocycles. The van der Waals surface area contributed by atoms with Crippen molar-refractivity contribution >= 4 is 23.8 Å². The summed E-state index contributed by atoms with van der Waals surface area (Å²) in [6, 6.07) is 1.60. The molecule has 0 aromatic carbocycles. The zero-order valence-corrected chi connectivity index (χ0v) is 23.2. The molecule has 0 bridgehead atoms. The van der Waals surface area contributed by atoms with E-state index in [4.69, 9.17) is 14.2 Å². The Hall–Kier alpha value is -2.92. The Kier molecular flexibility index (Phi) is 9.59. The largest absolute Gasteiger partial charge is 0.493 e. The van der Waals surface area contributed by atoms with Crippen molar-refractivity contribution in [2.45, 2.75) is 77.5 Å². The van der Waals surface area contributed by atoms with E-state index in [1.54, 1.807) is 40.1 Å². The summed E-state index contributed by atoms with van der Waals surface area (Å²) in [5.41, 5.74) is 0.0989. The average molecular weight is 536 g/mol. The number of likely N-dealkylation sites (tertiary alicyclic amines) is 1. The second kappa shape index (κ2) is 12.3. The summed E-state index contributed by atoms with van der Waals surface area (Å²) in [4.78, 5) is 46.0. The van der Waals surface area contributed by atoms with Crippen LogP contribution in [0.3, 0.4) is 0 Å². The van der Waals surface area contributed by atoms with Crippen LogP contribution >= 0.6 is 0 Å². The molecule has 1 aromatic rings. The number of carbonyl (C=O) groups excluding carboxylic acids is 2. The van der Waals surface area contributed by atoms with Gasteiger partial charge in [-0.25, -0.2) is 9.78 Å². The predicted molar refractivity (Wildman–Crippen MR) is 139 cm³/mol. The average Bonchev–Trinajstić information content (AvgIpc) is 3.65. The van der Waals surface area contributed by atoms with Gasteiger partial charge in [-0.1, -0.05) is 13.8 Å². The summed E-state index contributed by atoms with van der Waals surface area (Å²) < 4.78 is 16.6. The molecule has 2 amide bonds. The Labute approximate surface area is 224 Å². The fourth-order valence-corrected chi connectivity index (χ4v) is 4.47. The van der Waals surface area contributed by atoms with Gasteiger partial charge in [0.25, 0.3) is 0 Å². The van der Waals surface area contributed by atoms with Gasteiger partial charge in [-0.05, 0) is 39.5 Å². The van der Waals surface area contributed by atoms with Gasteiger partial charge < -0.3 is 29.3 Å². The number of hydrogen-bond donors (Lipinski definition) is 2. The van der Waals surface area contributed by atoms with Crippen molar-refractivity contribution in [3.05, 3.63) is 17.8 Å². The van der Waals surface area contributed by atoms with E-state index in [9.17, 15) is 24.6 Å². The molecule has 38 heavy (non-hydrogen) atoms. The van der Waals surface area contributed by atoms with Crippen molar-refractivity contribution in [3.8, 4) is 5.75 Å². The molecular weight excluding hydrogens is 494 g/mol. The number of aliphatic hydroxyl groups excluding tert-OH is 1. The fourth-order valence-electron chi connectivity index (χ4n) is 4.47. The number of aliphatic hydroxyl groups is 1. The van der Waals surface area contributed by atoms with Crippen molar-refractivity contribution in [1.82, 2.24) is 9.88 Å². The van der Waals surface area contributed by atoms with E-state index >= 15 is 0 Å². The minimum Gasteiger partial charge on any atom is -0.493 e. The number of pyridine rings is 1. The zero-order valence-electron chi connectivity index (χ0n) is 23.2. The van der Waals surface area contributed by atoms with Crippen LogP contribution < -0.4 is 9.64 Å². The second-order valence-electron chi connectivity index (χ2n) is 11.3. The first-order chi connectivity index (χ1) is 17.8. The standard InChI is InChI=1S/C27H41N3O8/c1-16(2)18-13-28-22(12-21(18)37-11-7-10-36-6)30(17-8-9-17)24(32)19-14-29(26(35)38-27(3,4)5)15-20(23(19)31)25(33)34/h12-13,16-17,19-20,23,31H,7-11,14-15H2,1-6H3,(H,33,34)/t19-,20+,23-/m0/s1. The third kappa shape index (κ3) is 7.35. The highest BCUT2D eigenvalue weighted by Gasteiger charge is 2.49. The lowest BCUT2D eigenvalue weighted by Gasteiger charge is -2.41. The Bertz CT molecular complexity index is 1000. The summed E-state index contributed by atoms with van der Waals surface area (Å²) >= 11 is 0. The van der Waals surface area contributed by atoms with Crippen molar-refractivity contribution in [3.63, 3.8) is 0 Å². The number of aliphatic carboxylic acids is 1. The molecular formula is C27H41N3O8. The van der Waals surface area contributed by atoms with E-state index < -0.39 is 41.5 Å². The summed E-state index contributed by atoms with van der Waals surface area (Å²) in [5, 5.41) is 20.7. The summed E-state index contributed by atoms with van der Waals surface area (Å²) in [5.74, 6) is -3.13. The molecule has 1 aliphatic heterocycles. The number of anilines is 1. The maximum Gasteiger partial charge on any atom is 0.410 e. The van der Waals surface area contributed by atoms with Crippen molar-refractivity contribution < 1.29 is 38.8 Å². The van der Waals surface area contributed by atoms with Gasteiger partial charge in [0.2, 0.25) is 5.91 Å². The number of carbonyl (C=O) groups is 3. The first-order valence-corrected chi connectivity index (χ1v) is 13.2. The van der Waals surface area contributed by atoms with Gasteiger partial charge in [-0.2, -0.15) is 0 Å². The third-order valence-electron chi connectivity index (χ3n) is 6.59. The number of rotatable bonds is 10. The lowest BCUT2D eigenvalue weighted by atomic mass is 9.85. The highest BCUT2D eigenvalue weighted by atomic mass is 16.6. The van der Waals surface area contributed by atoms with Gasteiger partial charge in [0, 0.05) is 57.1 Å². The van der Waals surface area contributed by atoms with Crippen LogP contribution in [0.4, 0.5) is 10.6 Å². The van der Waals surface area contributed by atoms with Gasteiger partial charge >= 0.3 is 12.1 Å². The lowest BCUT2D eigenvalue weighted by Crippen LogP contribution is -2.59. The van der Waals surface area contributed by atoms with Gasteiger partial charge in [0.1, 0.15) is 23.1 Å². The highest BCUT2D eigenvalue weighted by molar-refractivity contribution is 5.97. The molecule has 3 rings (SSSR count). The molecule has 1 saturated heterocycles. The first-order valence-electron chi connectivity index (χ1n) is 13.2. The molecule has 11 heteroatoms. The van der Waals surface area contributed by atoms with E-state index in [1.165, 1.54) is 9.80 Å². The summed E-state index contributed by atoms with van der Waals surface area (Å²) in [6.07, 6.45) is 1.70. The Balaban J connectivity index is 1.91. The van der Waals surface area contributed by atoms with Crippen LogP contribution in [-0.4, -0.2) is 89.2 Å². The number of carboxylic acid groups (broad SMARTS) is 1. The van der Waals surface area contributed by atoms with Crippen LogP contribution in [0.2, 0.25) is 0 Å². The Morgan fingerprint density at radius 3 is 2.37 bits per heavy atom. The van der Waals surface area contributed by atoms with E-state index in [-0.39, 0.29) is 25.0 Å². The normalized spacial score (nSPS) is 21.8. The van der Waals surface area contributed by atoms with Crippen molar-refractivity contribution in [2.75, 3.05) is 38.3 Å². The van der Waals surface area contributed by atoms with Crippen LogP contribution in [0.15, 0.2) is 12.3 Å². The van der Waals surface area contributed by atoms with E-state index in [2.05, 4.69) is 4.98 Å². The SMILES string of the molecule is COCCCOc1cc(N(C(=O)[C@H]2CN(C(=O)OC(C)(C)C)C[C@@H](C(=O)O)[C@H]2O)C2CC2)ncc1C(C)C. The Morgan fingerprint density at radius 1 is 1.16 bits per heavy atom. The number of piperidine rings is 1. The number of aromatic nitrogens is 1. The molecule has 1 aliphatic carbocycles. The first kappa shape index (κ1) is 29.6. The monoisotopic (exact) mass is 535 g/mol. The molecule has 3 atom stereocenters. The molecule has 0 spiro atoms. The molecule has 2 fully saturated rings. The van der Waals surface area contributed by atoms with Gasteiger partial charge in [-0.3, -0.25) is 14.5 Å². The third-order valence-corrected chi connectivity index (χ3v) is 6.59. The number of hydrogen-bond acceptors (Lipinski definition) is 8. The van der Waals surface area contributed by atoms with Gasteiger partial charge in [0.15, 0.2) is 0 Å². The number of methoxy groups -OCH3 is 1. The molecule has 2 heterocycles. The maximum atomic E-state index is 13.9. The van der Waals surface area contributed by atoms with Crippen molar-refractivity contribution in [2.24, 2.45) is 11.8 Å². The van der Waals surface area contributed by atoms with Crippen LogP contribution in [0.1, 0.15) is 65.4 Å². The number of ether oxygens (including phenoxy) is 3. The van der Waals surface area contributed by atoms with Gasteiger partial charge in [0.05, 0.1) is 18.6 Å². The van der Waals surface area contributed by atoms with Crippen LogP contribution in [0.5, 0.6) is 5.75 Å². The predicted octanol–water partition coefficient (Wildman–Crippen LogP) is 3.04. The smallest absolute Gasteiger partial charge is 0.410 e. The maximum absolute atomic E-state index is 13.9. The molecule has 11 nitrogen and oxygen atoms in total. The minimum atomic E-state index is -1.47. The number of nitrogens with zero attached hydrogens (tertiary/aromatic N) is 3. The molecule has 2 aliphatic rings. The molecule has 212 valence electrons. The van der Waals surface area contributed by atoms with E-state index in [1.807, 2.05) is 13.8 Å². The fraction of sp³-hybridized carbons (Fsp3) is 0.704. The van der Waals surface area contributed by atoms with Crippen LogP contribution in [-0.2, 0) is 19.1 Å². The summed E-state index contributed by atoms with van der Waals surface area (Å²) in [7, 11) is 1.63. The quantitative estimate of drug-likeness (QED) is 0.433. The Morgan fingerprint density at radius 2 is 1.82 bits per heavy atom. The molecule has 2 N–H and O–H groups in total. The van der Waals surface area contributed by atoms with Crippen LogP contribution in [0.25, 0.3) is 0 Å². The number of amides is 2. The lowest BCUT2D eigenvalue weighted by molar-refractivity contribution is -0.153.